The minimum absolute atomic E-state index is 0.0348. The van der Waals surface area contributed by atoms with Crippen molar-refractivity contribution in [2.24, 2.45) is 4.99 Å². The zero-order chi connectivity index (χ0) is 17.8. The van der Waals surface area contributed by atoms with Gasteiger partial charge in [0.15, 0.2) is 5.17 Å². The zero-order valence-corrected chi connectivity index (χ0v) is 13.7. The molecule has 8 heteroatoms. The van der Waals surface area contributed by atoms with Crippen molar-refractivity contribution in [3.8, 4) is 5.75 Å². The summed E-state index contributed by atoms with van der Waals surface area (Å²) in [6.45, 7) is 0. The van der Waals surface area contributed by atoms with Crippen LogP contribution in [-0.2, 0) is 9.59 Å². The lowest BCUT2D eigenvalue weighted by Gasteiger charge is -2.07. The molecule has 1 aliphatic heterocycles. The second-order valence-corrected chi connectivity index (χ2v) is 6.48. The number of amides is 2. The smallest absolute Gasteiger partial charge is 0.240 e. The Labute approximate surface area is 147 Å². The maximum Gasteiger partial charge on any atom is 0.240 e. The monoisotopic (exact) mass is 359 g/mol. The third kappa shape index (κ3) is 4.57. The van der Waals surface area contributed by atoms with Crippen molar-refractivity contribution in [3.63, 3.8) is 0 Å². The average molecular weight is 359 g/mol. The van der Waals surface area contributed by atoms with Gasteiger partial charge in [-0.1, -0.05) is 17.8 Å². The maximum absolute atomic E-state index is 12.9. The van der Waals surface area contributed by atoms with E-state index in [0.29, 0.717) is 16.5 Å². The normalized spacial score (nSPS) is 18.2. The first-order chi connectivity index (χ1) is 12.0. The van der Waals surface area contributed by atoms with Gasteiger partial charge < -0.3 is 15.7 Å². The van der Waals surface area contributed by atoms with Crippen LogP contribution in [0.1, 0.15) is 6.42 Å². The molecule has 1 aliphatic rings. The Kier molecular flexibility index (Phi) is 4.99. The largest absolute Gasteiger partial charge is 0.508 e. The molecule has 128 valence electrons. The highest BCUT2D eigenvalue weighted by atomic mass is 32.2. The van der Waals surface area contributed by atoms with Crippen LogP contribution in [-0.4, -0.2) is 27.3 Å². The fourth-order valence-electron chi connectivity index (χ4n) is 2.19. The molecular weight excluding hydrogens is 345 g/mol. The van der Waals surface area contributed by atoms with Crippen molar-refractivity contribution >= 4 is 40.1 Å². The lowest BCUT2D eigenvalue weighted by Crippen LogP contribution is -2.28. The molecule has 1 heterocycles. The number of amidine groups is 1. The van der Waals surface area contributed by atoms with Gasteiger partial charge in [0, 0.05) is 18.2 Å². The van der Waals surface area contributed by atoms with Crippen molar-refractivity contribution in [2.45, 2.75) is 11.7 Å². The van der Waals surface area contributed by atoms with Crippen LogP contribution >= 0.6 is 11.8 Å². The van der Waals surface area contributed by atoms with E-state index in [0.717, 1.165) is 11.8 Å². The predicted molar refractivity (Wildman–Crippen MR) is 94.4 cm³/mol. The van der Waals surface area contributed by atoms with Gasteiger partial charge >= 0.3 is 0 Å². The summed E-state index contributed by atoms with van der Waals surface area (Å²) in [5.74, 6) is -0.973. The van der Waals surface area contributed by atoms with Crippen molar-refractivity contribution < 1.29 is 19.1 Å². The summed E-state index contributed by atoms with van der Waals surface area (Å²) in [7, 11) is 0. The highest BCUT2D eigenvalue weighted by Gasteiger charge is 2.32. The first-order valence-electron chi connectivity index (χ1n) is 7.40. The summed E-state index contributed by atoms with van der Waals surface area (Å²) in [5, 5.41) is 14.4. The van der Waals surface area contributed by atoms with Gasteiger partial charge in [-0.2, -0.15) is 0 Å². The summed E-state index contributed by atoms with van der Waals surface area (Å²) in [6, 6.07) is 11.7. The van der Waals surface area contributed by atoms with Crippen LogP contribution in [0.15, 0.2) is 53.5 Å². The van der Waals surface area contributed by atoms with Gasteiger partial charge in [0.1, 0.15) is 16.8 Å². The highest BCUT2D eigenvalue weighted by Crippen LogP contribution is 2.26. The maximum atomic E-state index is 12.9. The molecule has 1 unspecified atom stereocenters. The molecule has 2 aromatic rings. The number of nitrogens with one attached hydrogen (secondary N) is 2. The summed E-state index contributed by atoms with van der Waals surface area (Å²) in [6.07, 6.45) is -0.0348. The summed E-state index contributed by atoms with van der Waals surface area (Å²) in [5.41, 5.74) is 0.961. The van der Waals surface area contributed by atoms with Crippen molar-refractivity contribution in [1.82, 2.24) is 5.32 Å². The van der Waals surface area contributed by atoms with E-state index in [9.17, 15) is 19.1 Å². The van der Waals surface area contributed by atoms with Gasteiger partial charge in [-0.25, -0.2) is 9.38 Å². The lowest BCUT2D eigenvalue weighted by molar-refractivity contribution is -0.122. The van der Waals surface area contributed by atoms with Crippen molar-refractivity contribution in [1.29, 1.82) is 0 Å². The second-order valence-electron chi connectivity index (χ2n) is 5.29. The zero-order valence-electron chi connectivity index (χ0n) is 12.9. The van der Waals surface area contributed by atoms with E-state index in [-0.39, 0.29) is 24.0 Å². The highest BCUT2D eigenvalue weighted by molar-refractivity contribution is 8.15. The Hall–Kier alpha value is -2.87. The number of nitrogens with zero attached hydrogens (tertiary/aromatic N) is 1. The Morgan fingerprint density at radius 2 is 2.04 bits per heavy atom. The Morgan fingerprint density at radius 3 is 2.76 bits per heavy atom. The number of thioether (sulfide) groups is 1. The molecule has 0 radical (unpaired) electrons. The van der Waals surface area contributed by atoms with Gasteiger partial charge in [0.05, 0.1) is 5.69 Å². The molecule has 0 saturated carbocycles. The van der Waals surface area contributed by atoms with Gasteiger partial charge in [0.25, 0.3) is 0 Å². The Morgan fingerprint density at radius 1 is 1.28 bits per heavy atom. The Bertz CT molecular complexity index is 839. The molecule has 0 aliphatic carbocycles. The number of benzene rings is 2. The van der Waals surface area contributed by atoms with Crippen LogP contribution in [0, 0.1) is 5.82 Å². The third-order valence-electron chi connectivity index (χ3n) is 3.34. The Balaban J connectivity index is 1.61. The van der Waals surface area contributed by atoms with Crippen LogP contribution in [0.3, 0.4) is 0 Å². The van der Waals surface area contributed by atoms with Crippen LogP contribution in [0.5, 0.6) is 5.75 Å². The topological polar surface area (TPSA) is 90.8 Å². The fraction of sp³-hybridized carbons (Fsp3) is 0.118. The number of anilines is 1. The second kappa shape index (κ2) is 7.35. The minimum atomic E-state index is -0.600. The number of aliphatic imine (C=N–C) groups is 1. The first-order valence-corrected chi connectivity index (χ1v) is 8.28. The quantitative estimate of drug-likeness (QED) is 0.783. The van der Waals surface area contributed by atoms with E-state index in [1.807, 2.05) is 0 Å². The van der Waals surface area contributed by atoms with E-state index in [4.69, 9.17) is 0 Å². The first kappa shape index (κ1) is 17.0. The number of aromatic hydroxyl groups is 1. The number of phenolic OH excluding ortho intramolecular Hbond substituents is 1. The molecule has 0 aromatic heterocycles. The molecule has 2 aromatic carbocycles. The van der Waals surface area contributed by atoms with Crippen LogP contribution in [0.25, 0.3) is 0 Å². The van der Waals surface area contributed by atoms with E-state index in [1.165, 1.54) is 36.4 Å². The number of carbonyl (C=O) groups is 2. The molecule has 1 saturated heterocycles. The molecule has 2 amide bonds. The fourth-order valence-corrected chi connectivity index (χ4v) is 3.17. The standard InChI is InChI=1S/C17H14FN3O3S/c18-10-4-6-11(7-5-10)19-15(23)9-14-16(24)21-17(25-14)20-12-2-1-3-13(22)8-12/h1-8,14,22H,9H2,(H,19,23)(H,20,21,24). The van der Waals surface area contributed by atoms with Gasteiger partial charge in [-0.15, -0.1) is 0 Å². The summed E-state index contributed by atoms with van der Waals surface area (Å²) in [4.78, 5) is 28.3. The lowest BCUT2D eigenvalue weighted by atomic mass is 10.2. The molecule has 1 fully saturated rings. The minimum Gasteiger partial charge on any atom is -0.508 e. The van der Waals surface area contributed by atoms with E-state index in [1.54, 1.807) is 12.1 Å². The molecule has 3 rings (SSSR count). The molecule has 3 N–H and O–H groups in total. The number of rotatable bonds is 4. The SMILES string of the molecule is O=C(CC1SC(=Nc2cccc(O)c2)NC1=O)Nc1ccc(F)cc1. The molecule has 6 nitrogen and oxygen atoms in total. The predicted octanol–water partition coefficient (Wildman–Crippen LogP) is 2.78. The average Bonchev–Trinajstić information content (AvgIpc) is 2.89. The van der Waals surface area contributed by atoms with Crippen molar-refractivity contribution in [2.75, 3.05) is 5.32 Å². The van der Waals surface area contributed by atoms with Gasteiger partial charge in [0.2, 0.25) is 11.8 Å². The summed E-state index contributed by atoms with van der Waals surface area (Å²) >= 11 is 1.15. The molecule has 25 heavy (non-hydrogen) atoms. The van der Waals surface area contributed by atoms with Gasteiger partial charge in [-0.3, -0.25) is 9.59 Å². The molecule has 0 bridgehead atoms. The number of hydrogen-bond donors (Lipinski definition) is 3. The van der Waals surface area contributed by atoms with E-state index in [2.05, 4.69) is 15.6 Å². The number of hydrogen-bond acceptors (Lipinski definition) is 5. The third-order valence-corrected chi connectivity index (χ3v) is 4.42. The number of phenols is 1. The molecule has 0 spiro atoms. The van der Waals surface area contributed by atoms with Crippen LogP contribution in [0.4, 0.5) is 15.8 Å². The van der Waals surface area contributed by atoms with Crippen molar-refractivity contribution in [3.05, 3.63) is 54.3 Å². The van der Waals surface area contributed by atoms with Crippen LogP contribution < -0.4 is 10.6 Å². The number of halogens is 1. The van der Waals surface area contributed by atoms with Crippen LogP contribution in [0.2, 0.25) is 0 Å². The summed E-state index contributed by atoms with van der Waals surface area (Å²) < 4.78 is 12.9. The van der Waals surface area contributed by atoms with E-state index < -0.39 is 11.1 Å². The molecule has 1 atom stereocenters. The molecular formula is C17H14FN3O3S. The van der Waals surface area contributed by atoms with Gasteiger partial charge in [-0.05, 0) is 36.4 Å². The van der Waals surface area contributed by atoms with E-state index >= 15 is 0 Å². The number of carbonyl (C=O) groups excluding carboxylic acids is 2.